The fourth-order valence-electron chi connectivity index (χ4n) is 1.34. The van der Waals surface area contributed by atoms with Gasteiger partial charge >= 0.3 is 0 Å². The first-order valence-electron chi connectivity index (χ1n) is 5.14. The van der Waals surface area contributed by atoms with Crippen LogP contribution in [-0.2, 0) is 11.3 Å². The molecule has 0 radical (unpaired) electrons. The third-order valence-corrected chi connectivity index (χ3v) is 3.13. The molecule has 0 spiro atoms. The molecule has 0 saturated carbocycles. The van der Waals surface area contributed by atoms with Crippen molar-refractivity contribution in [3.05, 3.63) is 40.2 Å². The Bertz CT molecular complexity index is 498. The Labute approximate surface area is 112 Å². The molecule has 0 unspecified atom stereocenters. The van der Waals surface area contributed by atoms with Crippen molar-refractivity contribution in [1.29, 1.82) is 0 Å². The normalized spacial score (nSPS) is 10.2. The number of rotatable bonds is 4. The van der Waals surface area contributed by atoms with Crippen LogP contribution < -0.4 is 5.32 Å². The molecule has 0 aliphatic carbocycles. The maximum atomic E-state index is 11.7. The van der Waals surface area contributed by atoms with Crippen molar-refractivity contribution < 1.29 is 4.79 Å². The first kappa shape index (κ1) is 12.0. The number of benzene rings is 1. The number of amides is 1. The van der Waals surface area contributed by atoms with E-state index in [0.717, 1.165) is 9.26 Å². The van der Waals surface area contributed by atoms with Crippen LogP contribution >= 0.6 is 22.6 Å². The molecule has 1 amide bonds. The molecule has 88 valence electrons. The number of aromatic nitrogens is 3. The Morgan fingerprint density at radius 3 is 2.94 bits per heavy atom. The number of anilines is 1. The molecule has 1 aromatic heterocycles. The van der Waals surface area contributed by atoms with E-state index in [1.165, 1.54) is 0 Å². The van der Waals surface area contributed by atoms with Crippen molar-refractivity contribution in [2.75, 3.05) is 5.32 Å². The molecule has 17 heavy (non-hydrogen) atoms. The monoisotopic (exact) mass is 342 g/mol. The van der Waals surface area contributed by atoms with Gasteiger partial charge < -0.3 is 5.32 Å². The Balaban J connectivity index is 1.87. The van der Waals surface area contributed by atoms with E-state index < -0.39 is 0 Å². The van der Waals surface area contributed by atoms with Gasteiger partial charge in [0, 0.05) is 16.2 Å². The van der Waals surface area contributed by atoms with E-state index in [4.69, 9.17) is 0 Å². The maximum Gasteiger partial charge on any atom is 0.226 e. The minimum Gasteiger partial charge on any atom is -0.325 e. The molecule has 0 saturated heterocycles. The van der Waals surface area contributed by atoms with Crippen LogP contribution in [0.1, 0.15) is 6.42 Å². The zero-order valence-corrected chi connectivity index (χ0v) is 11.2. The second-order valence-electron chi connectivity index (χ2n) is 3.44. The minimum atomic E-state index is -0.0235. The summed E-state index contributed by atoms with van der Waals surface area (Å²) in [6.07, 6.45) is 3.71. The molecule has 2 aromatic rings. The molecule has 5 nitrogen and oxygen atoms in total. The van der Waals surface area contributed by atoms with E-state index >= 15 is 0 Å². The van der Waals surface area contributed by atoms with Crippen LogP contribution in [0.2, 0.25) is 0 Å². The summed E-state index contributed by atoms with van der Waals surface area (Å²) in [7, 11) is 0. The first-order chi connectivity index (χ1) is 8.25. The summed E-state index contributed by atoms with van der Waals surface area (Å²) in [5.41, 5.74) is 0.844. The lowest BCUT2D eigenvalue weighted by atomic mass is 10.3. The van der Waals surface area contributed by atoms with Gasteiger partial charge in [0.25, 0.3) is 0 Å². The van der Waals surface area contributed by atoms with E-state index in [9.17, 15) is 4.79 Å². The summed E-state index contributed by atoms with van der Waals surface area (Å²) in [5.74, 6) is -0.0235. The largest absolute Gasteiger partial charge is 0.325 e. The summed E-state index contributed by atoms with van der Waals surface area (Å²) < 4.78 is 2.66. The van der Waals surface area contributed by atoms with Gasteiger partial charge in [-0.1, -0.05) is 17.3 Å². The highest BCUT2D eigenvalue weighted by molar-refractivity contribution is 14.1. The molecule has 6 heteroatoms. The number of hydrogen-bond donors (Lipinski definition) is 1. The molecule has 1 aromatic carbocycles. The predicted molar refractivity (Wildman–Crippen MR) is 72.4 cm³/mol. The number of carbonyl (C=O) groups excluding carboxylic acids is 1. The molecule has 2 rings (SSSR count). The Hall–Kier alpha value is -1.44. The molecule has 1 N–H and O–H groups in total. The average molecular weight is 342 g/mol. The number of halogens is 1. The number of para-hydroxylation sites is 1. The van der Waals surface area contributed by atoms with Crippen LogP contribution in [0, 0.1) is 3.57 Å². The van der Waals surface area contributed by atoms with Gasteiger partial charge in [-0.25, -0.2) is 0 Å². The molecular weight excluding hydrogens is 331 g/mol. The highest BCUT2D eigenvalue weighted by atomic mass is 127. The van der Waals surface area contributed by atoms with Crippen LogP contribution in [-0.4, -0.2) is 20.9 Å². The predicted octanol–water partition coefficient (Wildman–Crippen LogP) is 1.91. The van der Waals surface area contributed by atoms with Gasteiger partial charge in [-0.3, -0.25) is 9.48 Å². The van der Waals surface area contributed by atoms with Gasteiger partial charge in [-0.2, -0.15) is 0 Å². The zero-order chi connectivity index (χ0) is 12.1. The number of aryl methyl sites for hydroxylation is 1. The maximum absolute atomic E-state index is 11.7. The van der Waals surface area contributed by atoms with Crippen molar-refractivity contribution in [3.63, 3.8) is 0 Å². The van der Waals surface area contributed by atoms with Gasteiger partial charge in [0.2, 0.25) is 5.91 Å². The van der Waals surface area contributed by atoms with Gasteiger partial charge in [-0.15, -0.1) is 5.10 Å². The molecule has 0 atom stereocenters. The first-order valence-corrected chi connectivity index (χ1v) is 6.22. The number of hydrogen-bond acceptors (Lipinski definition) is 3. The molecule has 0 bridgehead atoms. The van der Waals surface area contributed by atoms with E-state index in [2.05, 4.69) is 38.2 Å². The number of nitrogens with one attached hydrogen (secondary N) is 1. The average Bonchev–Trinajstić information content (AvgIpc) is 2.82. The highest BCUT2D eigenvalue weighted by Crippen LogP contribution is 2.16. The van der Waals surface area contributed by atoms with Crippen molar-refractivity contribution in [3.8, 4) is 0 Å². The Morgan fingerprint density at radius 2 is 2.24 bits per heavy atom. The lowest BCUT2D eigenvalue weighted by Crippen LogP contribution is -2.15. The van der Waals surface area contributed by atoms with Crippen molar-refractivity contribution in [2.24, 2.45) is 0 Å². The lowest BCUT2D eigenvalue weighted by molar-refractivity contribution is -0.116. The van der Waals surface area contributed by atoms with Crippen LogP contribution in [0.15, 0.2) is 36.7 Å². The SMILES string of the molecule is O=C(CCn1ccnn1)Nc1ccccc1I. The highest BCUT2D eigenvalue weighted by Gasteiger charge is 2.05. The van der Waals surface area contributed by atoms with Gasteiger partial charge in [0.05, 0.1) is 18.4 Å². The third-order valence-electron chi connectivity index (χ3n) is 2.19. The van der Waals surface area contributed by atoms with Crippen molar-refractivity contribution >= 4 is 34.2 Å². The summed E-state index contributed by atoms with van der Waals surface area (Å²) in [5, 5.41) is 10.3. The quantitative estimate of drug-likeness (QED) is 0.864. The smallest absolute Gasteiger partial charge is 0.226 e. The number of carbonyl (C=O) groups is 1. The summed E-state index contributed by atoms with van der Waals surface area (Å²) in [6.45, 7) is 0.537. The van der Waals surface area contributed by atoms with Crippen molar-refractivity contribution in [2.45, 2.75) is 13.0 Å². The van der Waals surface area contributed by atoms with Gasteiger partial charge in [0.15, 0.2) is 0 Å². The summed E-state index contributed by atoms with van der Waals surface area (Å²) >= 11 is 2.19. The molecule has 0 aliphatic heterocycles. The zero-order valence-electron chi connectivity index (χ0n) is 9.01. The molecular formula is C11H11IN4O. The van der Waals surface area contributed by atoms with E-state index in [1.807, 2.05) is 24.3 Å². The molecule has 0 fully saturated rings. The molecule has 1 heterocycles. The van der Waals surface area contributed by atoms with E-state index in [-0.39, 0.29) is 5.91 Å². The van der Waals surface area contributed by atoms with Crippen LogP contribution in [0.3, 0.4) is 0 Å². The Morgan fingerprint density at radius 1 is 1.41 bits per heavy atom. The van der Waals surface area contributed by atoms with Crippen LogP contribution in [0.4, 0.5) is 5.69 Å². The summed E-state index contributed by atoms with van der Waals surface area (Å²) in [4.78, 5) is 11.7. The number of nitrogens with zero attached hydrogens (tertiary/aromatic N) is 3. The lowest BCUT2D eigenvalue weighted by Gasteiger charge is -2.06. The summed E-state index contributed by atoms with van der Waals surface area (Å²) in [6, 6.07) is 7.67. The standard InChI is InChI=1S/C11H11IN4O/c12-9-3-1-2-4-10(9)14-11(17)5-7-16-8-6-13-15-16/h1-4,6,8H,5,7H2,(H,14,17). The van der Waals surface area contributed by atoms with Crippen molar-refractivity contribution in [1.82, 2.24) is 15.0 Å². The van der Waals surface area contributed by atoms with Gasteiger partial charge in [0.1, 0.15) is 0 Å². The topological polar surface area (TPSA) is 59.8 Å². The fourth-order valence-corrected chi connectivity index (χ4v) is 1.87. The fraction of sp³-hybridized carbons (Fsp3) is 0.182. The molecule has 0 aliphatic rings. The van der Waals surface area contributed by atoms with E-state index in [0.29, 0.717) is 13.0 Å². The second kappa shape index (κ2) is 5.76. The Kier molecular flexibility index (Phi) is 4.08. The second-order valence-corrected chi connectivity index (χ2v) is 4.61. The van der Waals surface area contributed by atoms with E-state index in [1.54, 1.807) is 17.1 Å². The van der Waals surface area contributed by atoms with Crippen LogP contribution in [0.5, 0.6) is 0 Å². The van der Waals surface area contributed by atoms with Crippen LogP contribution in [0.25, 0.3) is 0 Å². The van der Waals surface area contributed by atoms with Gasteiger partial charge in [-0.05, 0) is 34.7 Å². The third kappa shape index (κ3) is 3.52. The minimum absolute atomic E-state index is 0.0235.